The lowest BCUT2D eigenvalue weighted by molar-refractivity contribution is 0.272. The van der Waals surface area contributed by atoms with E-state index >= 15 is 0 Å². The molecular formula is C12H24N4. The first-order valence-electron chi connectivity index (χ1n) is 6.16. The first kappa shape index (κ1) is 13.2. The van der Waals surface area contributed by atoms with Crippen molar-refractivity contribution in [2.75, 3.05) is 13.6 Å². The third-order valence-electron chi connectivity index (χ3n) is 3.04. The van der Waals surface area contributed by atoms with Gasteiger partial charge in [-0.15, -0.1) is 0 Å². The van der Waals surface area contributed by atoms with E-state index in [0.717, 1.165) is 25.3 Å². The van der Waals surface area contributed by atoms with E-state index in [2.05, 4.69) is 36.2 Å². The van der Waals surface area contributed by atoms with Crippen LogP contribution in [-0.4, -0.2) is 28.4 Å². The molecule has 4 heteroatoms. The predicted molar refractivity (Wildman–Crippen MR) is 66.3 cm³/mol. The van der Waals surface area contributed by atoms with Crippen LogP contribution in [-0.2, 0) is 13.0 Å². The Labute approximate surface area is 98.5 Å². The van der Waals surface area contributed by atoms with Gasteiger partial charge in [-0.1, -0.05) is 20.3 Å². The Kier molecular flexibility index (Phi) is 4.93. The van der Waals surface area contributed by atoms with Gasteiger partial charge in [0.05, 0.1) is 0 Å². The zero-order valence-electron chi connectivity index (χ0n) is 11.0. The molecular weight excluding hydrogens is 200 g/mol. The van der Waals surface area contributed by atoms with E-state index in [9.17, 15) is 0 Å². The molecule has 4 nitrogen and oxygen atoms in total. The molecule has 1 rings (SSSR count). The Hall–Kier alpha value is -0.900. The molecule has 0 aromatic carbocycles. The summed E-state index contributed by atoms with van der Waals surface area (Å²) in [6.07, 6.45) is 5.07. The molecule has 0 aliphatic carbocycles. The third-order valence-corrected chi connectivity index (χ3v) is 3.04. The summed E-state index contributed by atoms with van der Waals surface area (Å²) in [5.74, 6) is 1.11. The quantitative estimate of drug-likeness (QED) is 0.769. The van der Waals surface area contributed by atoms with Gasteiger partial charge in [-0.3, -0.25) is 4.68 Å². The molecule has 0 amide bonds. The predicted octanol–water partition coefficient (Wildman–Crippen LogP) is 1.87. The molecule has 92 valence electrons. The smallest absolute Gasteiger partial charge is 0.138 e. The van der Waals surface area contributed by atoms with Crippen LogP contribution in [0.25, 0.3) is 0 Å². The Morgan fingerprint density at radius 2 is 2.19 bits per heavy atom. The van der Waals surface area contributed by atoms with Gasteiger partial charge in [-0.2, -0.15) is 5.10 Å². The van der Waals surface area contributed by atoms with Crippen molar-refractivity contribution in [1.29, 1.82) is 0 Å². The average molecular weight is 224 g/mol. The normalized spacial score (nSPS) is 15.0. The van der Waals surface area contributed by atoms with E-state index < -0.39 is 0 Å². The van der Waals surface area contributed by atoms with Gasteiger partial charge < -0.3 is 5.32 Å². The van der Waals surface area contributed by atoms with E-state index in [0.29, 0.717) is 0 Å². The third kappa shape index (κ3) is 3.30. The molecule has 0 saturated heterocycles. The summed E-state index contributed by atoms with van der Waals surface area (Å²) in [4.78, 5) is 4.36. The lowest BCUT2D eigenvalue weighted by Crippen LogP contribution is -2.32. The number of aryl methyl sites for hydroxylation is 1. The summed E-state index contributed by atoms with van der Waals surface area (Å²) in [6, 6.07) is 0. The van der Waals surface area contributed by atoms with Crippen LogP contribution in [0.5, 0.6) is 0 Å². The molecule has 0 fully saturated rings. The zero-order chi connectivity index (χ0) is 12.0. The van der Waals surface area contributed by atoms with Gasteiger partial charge in [-0.25, -0.2) is 4.98 Å². The zero-order valence-corrected chi connectivity index (χ0v) is 11.0. The highest BCUT2D eigenvalue weighted by Gasteiger charge is 2.25. The van der Waals surface area contributed by atoms with Gasteiger partial charge in [0.25, 0.3) is 0 Å². The number of aromatic nitrogens is 3. The summed E-state index contributed by atoms with van der Waals surface area (Å²) in [6.45, 7) is 8.59. The van der Waals surface area contributed by atoms with Crippen molar-refractivity contribution in [1.82, 2.24) is 20.1 Å². The SMILES string of the molecule is CCCC(C)(CNC)Cc1ncnn1CC. The van der Waals surface area contributed by atoms with Crippen molar-refractivity contribution in [2.24, 2.45) is 5.41 Å². The van der Waals surface area contributed by atoms with Gasteiger partial charge >= 0.3 is 0 Å². The number of nitrogens with one attached hydrogen (secondary N) is 1. The van der Waals surface area contributed by atoms with Crippen LogP contribution in [0.3, 0.4) is 0 Å². The highest BCUT2D eigenvalue weighted by molar-refractivity contribution is 4.93. The van der Waals surface area contributed by atoms with Crippen LogP contribution in [0.4, 0.5) is 0 Å². The van der Waals surface area contributed by atoms with Crippen molar-refractivity contribution >= 4 is 0 Å². The molecule has 0 radical (unpaired) electrons. The molecule has 1 unspecified atom stereocenters. The van der Waals surface area contributed by atoms with Gasteiger partial charge in [0.2, 0.25) is 0 Å². The van der Waals surface area contributed by atoms with E-state index in [1.54, 1.807) is 6.33 Å². The van der Waals surface area contributed by atoms with Gasteiger partial charge in [-0.05, 0) is 25.8 Å². The Balaban J connectivity index is 2.74. The van der Waals surface area contributed by atoms with E-state index in [1.165, 1.54) is 12.8 Å². The minimum atomic E-state index is 0.281. The second-order valence-electron chi connectivity index (χ2n) is 4.76. The topological polar surface area (TPSA) is 42.7 Å². The summed E-state index contributed by atoms with van der Waals surface area (Å²) in [5.41, 5.74) is 0.281. The van der Waals surface area contributed by atoms with Gasteiger partial charge in [0.1, 0.15) is 12.2 Å². The number of hydrogen-bond donors (Lipinski definition) is 1. The summed E-state index contributed by atoms with van der Waals surface area (Å²) >= 11 is 0. The maximum atomic E-state index is 4.36. The van der Waals surface area contributed by atoms with Crippen LogP contribution < -0.4 is 5.32 Å². The fourth-order valence-electron chi connectivity index (χ4n) is 2.34. The second-order valence-corrected chi connectivity index (χ2v) is 4.76. The van der Waals surface area contributed by atoms with Crippen LogP contribution in [0.2, 0.25) is 0 Å². The first-order valence-corrected chi connectivity index (χ1v) is 6.16. The fourth-order valence-corrected chi connectivity index (χ4v) is 2.34. The lowest BCUT2D eigenvalue weighted by Gasteiger charge is -2.28. The molecule has 1 aromatic heterocycles. The Bertz CT molecular complexity index is 300. The number of nitrogens with zero attached hydrogens (tertiary/aromatic N) is 3. The molecule has 0 aliphatic heterocycles. The Morgan fingerprint density at radius 1 is 1.44 bits per heavy atom. The van der Waals surface area contributed by atoms with Crippen molar-refractivity contribution in [3.63, 3.8) is 0 Å². The van der Waals surface area contributed by atoms with E-state index in [1.807, 2.05) is 11.7 Å². The van der Waals surface area contributed by atoms with Crippen molar-refractivity contribution in [3.8, 4) is 0 Å². The van der Waals surface area contributed by atoms with Gasteiger partial charge in [0, 0.05) is 19.5 Å². The highest BCUT2D eigenvalue weighted by atomic mass is 15.3. The number of rotatable bonds is 7. The first-order chi connectivity index (χ1) is 7.65. The second kappa shape index (κ2) is 5.99. The lowest BCUT2D eigenvalue weighted by atomic mass is 9.82. The van der Waals surface area contributed by atoms with Crippen LogP contribution in [0, 0.1) is 5.41 Å². The minimum Gasteiger partial charge on any atom is -0.319 e. The molecule has 1 heterocycles. The largest absolute Gasteiger partial charge is 0.319 e. The molecule has 1 atom stereocenters. The number of hydrogen-bond acceptors (Lipinski definition) is 3. The van der Waals surface area contributed by atoms with Gasteiger partial charge in [0.15, 0.2) is 0 Å². The summed E-state index contributed by atoms with van der Waals surface area (Å²) in [5, 5.41) is 7.51. The minimum absolute atomic E-state index is 0.281. The van der Waals surface area contributed by atoms with Crippen LogP contribution in [0.15, 0.2) is 6.33 Å². The van der Waals surface area contributed by atoms with Crippen molar-refractivity contribution in [2.45, 2.75) is 46.6 Å². The standard InChI is InChI=1S/C12H24N4/c1-5-7-12(3,9-13-4)8-11-14-10-15-16(11)6-2/h10,13H,5-9H2,1-4H3. The molecule has 0 spiro atoms. The molecule has 0 aliphatic rings. The maximum Gasteiger partial charge on any atom is 0.138 e. The average Bonchev–Trinajstić information content (AvgIpc) is 2.65. The van der Waals surface area contributed by atoms with E-state index in [-0.39, 0.29) is 5.41 Å². The van der Waals surface area contributed by atoms with Crippen LogP contribution >= 0.6 is 0 Å². The molecule has 0 bridgehead atoms. The van der Waals surface area contributed by atoms with Crippen LogP contribution in [0.1, 0.15) is 39.4 Å². The molecule has 16 heavy (non-hydrogen) atoms. The summed E-state index contributed by atoms with van der Waals surface area (Å²) in [7, 11) is 2.01. The highest BCUT2D eigenvalue weighted by Crippen LogP contribution is 2.26. The van der Waals surface area contributed by atoms with Crippen molar-refractivity contribution < 1.29 is 0 Å². The molecule has 1 N–H and O–H groups in total. The molecule has 1 aromatic rings. The van der Waals surface area contributed by atoms with Crippen molar-refractivity contribution in [3.05, 3.63) is 12.2 Å². The fraction of sp³-hybridized carbons (Fsp3) is 0.833. The Morgan fingerprint density at radius 3 is 2.75 bits per heavy atom. The molecule has 0 saturated carbocycles. The van der Waals surface area contributed by atoms with E-state index in [4.69, 9.17) is 0 Å². The summed E-state index contributed by atoms with van der Waals surface area (Å²) < 4.78 is 1.99. The monoisotopic (exact) mass is 224 g/mol. The maximum absolute atomic E-state index is 4.36.